The van der Waals surface area contributed by atoms with Gasteiger partial charge in [-0.1, -0.05) is 6.07 Å². The second-order valence-electron chi connectivity index (χ2n) is 6.66. The summed E-state index contributed by atoms with van der Waals surface area (Å²) < 4.78 is 21.8. The molecule has 0 saturated carbocycles. The van der Waals surface area contributed by atoms with Crippen molar-refractivity contribution in [3.63, 3.8) is 0 Å². The SMILES string of the molecule is COc1ccc(CN2C[C@@H]3CCOC[C@]3(C(=O)O)C2)c(OC)c1OC. The van der Waals surface area contributed by atoms with Crippen molar-refractivity contribution < 1.29 is 28.8 Å². The predicted octanol–water partition coefficient (Wildman–Crippen LogP) is 1.64. The van der Waals surface area contributed by atoms with Crippen LogP contribution >= 0.6 is 0 Å². The van der Waals surface area contributed by atoms with E-state index in [1.807, 2.05) is 12.1 Å². The van der Waals surface area contributed by atoms with Gasteiger partial charge in [0.05, 0.1) is 27.9 Å². The smallest absolute Gasteiger partial charge is 0.313 e. The van der Waals surface area contributed by atoms with Crippen LogP contribution < -0.4 is 14.2 Å². The number of ether oxygens (including phenoxy) is 4. The highest BCUT2D eigenvalue weighted by Gasteiger charge is 2.54. The molecule has 2 atom stereocenters. The summed E-state index contributed by atoms with van der Waals surface area (Å²) in [7, 11) is 4.75. The summed E-state index contributed by atoms with van der Waals surface area (Å²) in [6.07, 6.45) is 0.784. The lowest BCUT2D eigenvalue weighted by Gasteiger charge is -2.34. The highest BCUT2D eigenvalue weighted by Crippen LogP contribution is 2.44. The van der Waals surface area contributed by atoms with Gasteiger partial charge < -0.3 is 24.1 Å². The van der Waals surface area contributed by atoms with E-state index in [-0.39, 0.29) is 12.5 Å². The van der Waals surface area contributed by atoms with Gasteiger partial charge in [0.2, 0.25) is 5.75 Å². The lowest BCUT2D eigenvalue weighted by Crippen LogP contribution is -2.46. The first-order valence-corrected chi connectivity index (χ1v) is 8.37. The topological polar surface area (TPSA) is 77.5 Å². The van der Waals surface area contributed by atoms with E-state index in [2.05, 4.69) is 4.90 Å². The third-order valence-corrected chi connectivity index (χ3v) is 5.34. The molecule has 0 aromatic heterocycles. The summed E-state index contributed by atoms with van der Waals surface area (Å²) in [6, 6.07) is 3.78. The van der Waals surface area contributed by atoms with Gasteiger partial charge in [-0.3, -0.25) is 9.69 Å². The molecular weight excluding hydrogens is 326 g/mol. The third kappa shape index (κ3) is 3.02. The van der Waals surface area contributed by atoms with Gasteiger partial charge in [-0.2, -0.15) is 0 Å². The summed E-state index contributed by atoms with van der Waals surface area (Å²) >= 11 is 0. The van der Waals surface area contributed by atoms with E-state index >= 15 is 0 Å². The number of likely N-dealkylation sites (tertiary alicyclic amines) is 1. The number of nitrogens with zero attached hydrogens (tertiary/aromatic N) is 1. The molecule has 7 nitrogen and oxygen atoms in total. The van der Waals surface area contributed by atoms with Crippen LogP contribution in [0.3, 0.4) is 0 Å². The summed E-state index contributed by atoms with van der Waals surface area (Å²) in [5.74, 6) is 1.13. The number of rotatable bonds is 6. The highest BCUT2D eigenvalue weighted by molar-refractivity contribution is 5.76. The Morgan fingerprint density at radius 1 is 1.28 bits per heavy atom. The normalized spacial score (nSPS) is 26.1. The van der Waals surface area contributed by atoms with Crippen LogP contribution in [0.15, 0.2) is 12.1 Å². The molecule has 3 rings (SSSR count). The van der Waals surface area contributed by atoms with Crippen molar-refractivity contribution in [2.45, 2.75) is 13.0 Å². The zero-order chi connectivity index (χ0) is 18.0. The molecule has 0 unspecified atom stereocenters. The van der Waals surface area contributed by atoms with E-state index in [0.29, 0.717) is 36.9 Å². The second kappa shape index (κ2) is 7.09. The lowest BCUT2D eigenvalue weighted by molar-refractivity contribution is -0.159. The van der Waals surface area contributed by atoms with E-state index in [1.165, 1.54) is 0 Å². The molecule has 138 valence electrons. The Kier molecular flexibility index (Phi) is 5.06. The largest absolute Gasteiger partial charge is 0.493 e. The molecule has 2 fully saturated rings. The van der Waals surface area contributed by atoms with Gasteiger partial charge in [-0.05, 0) is 18.4 Å². The standard InChI is InChI=1S/C18H25NO6/c1-22-14-5-4-12(15(23-2)16(14)24-3)8-19-9-13-6-7-25-11-18(13,10-19)17(20)21/h4-5,13H,6-11H2,1-3H3,(H,20,21)/t13-,18+/m0/s1. The molecule has 2 aliphatic heterocycles. The average Bonchev–Trinajstić information content (AvgIpc) is 3.00. The van der Waals surface area contributed by atoms with Crippen LogP contribution in [0.25, 0.3) is 0 Å². The van der Waals surface area contributed by atoms with Gasteiger partial charge in [0.25, 0.3) is 0 Å². The maximum absolute atomic E-state index is 11.9. The third-order valence-electron chi connectivity index (χ3n) is 5.34. The molecule has 25 heavy (non-hydrogen) atoms. The van der Waals surface area contributed by atoms with Crippen molar-refractivity contribution >= 4 is 5.97 Å². The Bertz CT molecular complexity index is 649. The van der Waals surface area contributed by atoms with Gasteiger partial charge >= 0.3 is 5.97 Å². The fourth-order valence-electron chi connectivity index (χ4n) is 4.04. The average molecular weight is 351 g/mol. The van der Waals surface area contributed by atoms with Crippen LogP contribution in [0.2, 0.25) is 0 Å². The van der Waals surface area contributed by atoms with Gasteiger partial charge in [0.15, 0.2) is 11.5 Å². The van der Waals surface area contributed by atoms with E-state index in [0.717, 1.165) is 18.5 Å². The molecule has 1 aromatic rings. The molecule has 2 heterocycles. The number of carbonyl (C=O) groups is 1. The summed E-state index contributed by atoms with van der Waals surface area (Å²) in [4.78, 5) is 14.1. The molecule has 0 bridgehead atoms. The van der Waals surface area contributed by atoms with Crippen LogP contribution in [0, 0.1) is 11.3 Å². The number of hydrogen-bond acceptors (Lipinski definition) is 6. The number of fused-ring (bicyclic) bond motifs is 1. The number of carboxylic acids is 1. The number of benzene rings is 1. The Labute approximate surface area is 147 Å². The molecule has 2 aliphatic rings. The van der Waals surface area contributed by atoms with Crippen molar-refractivity contribution in [2.24, 2.45) is 11.3 Å². The van der Waals surface area contributed by atoms with Crippen LogP contribution in [0.1, 0.15) is 12.0 Å². The first kappa shape index (κ1) is 17.8. The molecule has 1 aromatic carbocycles. The lowest BCUT2D eigenvalue weighted by atomic mass is 9.76. The summed E-state index contributed by atoms with van der Waals surface area (Å²) in [6.45, 7) is 2.73. The fraction of sp³-hybridized carbons (Fsp3) is 0.611. The van der Waals surface area contributed by atoms with Gasteiger partial charge in [-0.15, -0.1) is 0 Å². The molecule has 0 aliphatic carbocycles. The Hall–Kier alpha value is -1.99. The number of aliphatic carboxylic acids is 1. The summed E-state index contributed by atoms with van der Waals surface area (Å²) in [5.41, 5.74) is 0.141. The number of carboxylic acid groups (broad SMARTS) is 1. The Morgan fingerprint density at radius 3 is 2.64 bits per heavy atom. The van der Waals surface area contributed by atoms with Crippen molar-refractivity contribution in [3.05, 3.63) is 17.7 Å². The molecular formula is C18H25NO6. The minimum absolute atomic E-state index is 0.116. The van der Waals surface area contributed by atoms with Crippen molar-refractivity contribution in [1.29, 1.82) is 0 Å². The van der Waals surface area contributed by atoms with Gasteiger partial charge in [0.1, 0.15) is 5.41 Å². The van der Waals surface area contributed by atoms with Crippen molar-refractivity contribution in [1.82, 2.24) is 4.90 Å². The van der Waals surface area contributed by atoms with E-state index in [4.69, 9.17) is 18.9 Å². The fourth-order valence-corrected chi connectivity index (χ4v) is 4.04. The van der Waals surface area contributed by atoms with Gasteiger partial charge in [-0.25, -0.2) is 0 Å². The second-order valence-corrected chi connectivity index (χ2v) is 6.66. The molecule has 2 saturated heterocycles. The maximum Gasteiger partial charge on any atom is 0.313 e. The quantitative estimate of drug-likeness (QED) is 0.835. The van der Waals surface area contributed by atoms with Gasteiger partial charge in [0, 0.05) is 31.8 Å². The maximum atomic E-state index is 11.9. The van der Waals surface area contributed by atoms with E-state index in [9.17, 15) is 9.90 Å². The number of hydrogen-bond donors (Lipinski definition) is 1. The molecule has 0 spiro atoms. The zero-order valence-electron chi connectivity index (χ0n) is 14.9. The Morgan fingerprint density at radius 2 is 2.04 bits per heavy atom. The highest BCUT2D eigenvalue weighted by atomic mass is 16.5. The van der Waals surface area contributed by atoms with Crippen LogP contribution in [-0.2, 0) is 16.1 Å². The first-order valence-electron chi connectivity index (χ1n) is 8.37. The minimum atomic E-state index is -0.804. The Balaban J connectivity index is 1.85. The molecule has 1 N–H and O–H groups in total. The van der Waals surface area contributed by atoms with E-state index < -0.39 is 11.4 Å². The van der Waals surface area contributed by atoms with Crippen molar-refractivity contribution in [2.75, 3.05) is 47.6 Å². The minimum Gasteiger partial charge on any atom is -0.493 e. The zero-order valence-corrected chi connectivity index (χ0v) is 14.9. The molecule has 7 heteroatoms. The predicted molar refractivity (Wildman–Crippen MR) is 90.4 cm³/mol. The molecule has 0 amide bonds. The number of methoxy groups -OCH3 is 3. The van der Waals surface area contributed by atoms with Crippen LogP contribution in [0.4, 0.5) is 0 Å². The monoisotopic (exact) mass is 351 g/mol. The van der Waals surface area contributed by atoms with Crippen LogP contribution in [0.5, 0.6) is 17.2 Å². The summed E-state index contributed by atoms with van der Waals surface area (Å²) in [5, 5.41) is 9.77. The van der Waals surface area contributed by atoms with Crippen molar-refractivity contribution in [3.8, 4) is 17.2 Å². The van der Waals surface area contributed by atoms with Crippen LogP contribution in [-0.4, -0.2) is 63.6 Å². The molecule has 0 radical (unpaired) electrons. The van der Waals surface area contributed by atoms with E-state index in [1.54, 1.807) is 21.3 Å². The first-order chi connectivity index (χ1) is 12.1.